The van der Waals surface area contributed by atoms with Crippen molar-refractivity contribution in [2.45, 2.75) is 25.4 Å². The number of hydrogen-bond acceptors (Lipinski definition) is 6. The van der Waals surface area contributed by atoms with Crippen LogP contribution in [0.1, 0.15) is 35.0 Å². The van der Waals surface area contributed by atoms with Crippen molar-refractivity contribution in [3.05, 3.63) is 46.3 Å². The Kier molecular flexibility index (Phi) is 4.42. The summed E-state index contributed by atoms with van der Waals surface area (Å²) < 4.78 is 35.9. The number of thiophene rings is 1. The number of rotatable bonds is 5. The number of urea groups is 1. The number of hydroxylamine groups is 2. The normalized spacial score (nSPS) is 21.1. The van der Waals surface area contributed by atoms with Crippen molar-refractivity contribution in [1.29, 1.82) is 0 Å². The number of primary amides is 1. The quantitative estimate of drug-likeness (QED) is 0.708. The fraction of sp³-hybridized carbons (Fsp3) is 0.294. The third kappa shape index (κ3) is 2.96. The Morgan fingerprint density at radius 2 is 2.11 bits per heavy atom. The third-order valence-electron chi connectivity index (χ3n) is 4.90. The van der Waals surface area contributed by atoms with Crippen LogP contribution in [0.5, 0.6) is 0 Å². The Morgan fingerprint density at radius 3 is 2.75 bits per heavy atom. The molecule has 28 heavy (non-hydrogen) atoms. The lowest BCUT2D eigenvalue weighted by Gasteiger charge is -2.27. The first kappa shape index (κ1) is 18.9. The van der Waals surface area contributed by atoms with E-state index in [1.54, 1.807) is 0 Å². The number of hydrogen-bond donors (Lipinski definition) is 2. The molecule has 1 unspecified atom stereocenters. The average molecular weight is 423 g/mol. The number of carbonyl (C=O) groups excluding carboxylic acids is 2. The highest BCUT2D eigenvalue weighted by Crippen LogP contribution is 2.49. The van der Waals surface area contributed by atoms with Crippen LogP contribution in [0, 0.1) is 0 Å². The van der Waals surface area contributed by atoms with Crippen molar-refractivity contribution in [2.75, 3.05) is 6.54 Å². The topological polar surface area (TPSA) is 130 Å². The summed E-state index contributed by atoms with van der Waals surface area (Å²) in [6.45, 7) is 2.06. The van der Waals surface area contributed by atoms with E-state index >= 15 is 0 Å². The van der Waals surface area contributed by atoms with Crippen molar-refractivity contribution in [3.8, 4) is 10.4 Å². The number of benzene rings is 1. The number of aryl methyl sites for hydroxylation is 1. The molecule has 2 aliphatic rings. The standard InChI is InChI=1S/C17H17N3O6S2/c1-2-9-5-3-4-6-10(9)13-7-11-12-8-19(14(16(18)21)15(11)27-13)17(22)20(12)26-28(23,24)25/h3-7,12,14H,2,8H2,1H3,(H2,18,21)(H,23,24,25)/t12-,14?/m1/s1. The molecule has 9 nitrogen and oxygen atoms in total. The molecule has 2 aromatic rings. The molecule has 2 bridgehead atoms. The van der Waals surface area contributed by atoms with Gasteiger partial charge in [0.05, 0.1) is 6.54 Å². The van der Waals surface area contributed by atoms with Crippen molar-refractivity contribution >= 4 is 33.7 Å². The summed E-state index contributed by atoms with van der Waals surface area (Å²) >= 11 is 1.34. The van der Waals surface area contributed by atoms with Crippen molar-refractivity contribution in [1.82, 2.24) is 9.96 Å². The maximum atomic E-state index is 12.5. The molecule has 2 atom stereocenters. The fourth-order valence-electron chi connectivity index (χ4n) is 3.74. The SMILES string of the molecule is CCc1ccccc1-c1cc2c(s1)C(C(N)=O)N1C[C@H]2N(OS(=O)(=O)O)C1=O. The van der Waals surface area contributed by atoms with Crippen LogP contribution in [-0.4, -0.2) is 41.4 Å². The maximum Gasteiger partial charge on any atom is 0.418 e. The monoisotopic (exact) mass is 423 g/mol. The molecule has 3 amide bonds. The van der Waals surface area contributed by atoms with Gasteiger partial charge in [-0.05, 0) is 29.2 Å². The largest absolute Gasteiger partial charge is 0.418 e. The van der Waals surface area contributed by atoms with Crippen LogP contribution in [0.25, 0.3) is 10.4 Å². The van der Waals surface area contributed by atoms with E-state index in [1.807, 2.05) is 37.3 Å². The molecule has 0 radical (unpaired) electrons. The number of nitrogens with zero attached hydrogens (tertiary/aromatic N) is 2. The van der Waals surface area contributed by atoms with E-state index in [4.69, 9.17) is 10.3 Å². The molecule has 1 aromatic carbocycles. The van der Waals surface area contributed by atoms with E-state index in [0.717, 1.165) is 27.3 Å². The number of nitrogens with two attached hydrogens (primary N) is 1. The van der Waals surface area contributed by atoms with Crippen LogP contribution in [0.15, 0.2) is 30.3 Å². The van der Waals surface area contributed by atoms with E-state index in [2.05, 4.69) is 4.28 Å². The lowest BCUT2D eigenvalue weighted by molar-refractivity contribution is -0.122. The van der Waals surface area contributed by atoms with E-state index in [1.165, 1.54) is 11.3 Å². The van der Waals surface area contributed by atoms with Gasteiger partial charge in [-0.1, -0.05) is 31.2 Å². The summed E-state index contributed by atoms with van der Waals surface area (Å²) in [5.74, 6) is -0.723. The van der Waals surface area contributed by atoms with Crippen LogP contribution in [0.2, 0.25) is 0 Å². The van der Waals surface area contributed by atoms with Gasteiger partial charge in [0, 0.05) is 9.75 Å². The lowest BCUT2D eigenvalue weighted by atomic mass is 9.97. The molecule has 0 saturated carbocycles. The summed E-state index contributed by atoms with van der Waals surface area (Å²) in [5.41, 5.74) is 8.24. The van der Waals surface area contributed by atoms with E-state index < -0.39 is 34.4 Å². The fourth-order valence-corrected chi connectivity index (χ4v) is 5.51. The van der Waals surface area contributed by atoms with Gasteiger partial charge in [0.15, 0.2) is 0 Å². The lowest BCUT2D eigenvalue weighted by Crippen LogP contribution is -2.41. The van der Waals surface area contributed by atoms with Gasteiger partial charge in [-0.3, -0.25) is 9.35 Å². The van der Waals surface area contributed by atoms with Gasteiger partial charge in [-0.15, -0.1) is 15.6 Å². The van der Waals surface area contributed by atoms with Gasteiger partial charge in [0.1, 0.15) is 12.1 Å². The second-order valence-corrected chi connectivity index (χ2v) is 8.61. The highest BCUT2D eigenvalue weighted by atomic mass is 32.3. The molecule has 3 N–H and O–H groups in total. The Morgan fingerprint density at radius 1 is 1.39 bits per heavy atom. The summed E-state index contributed by atoms with van der Waals surface area (Å²) in [7, 11) is -4.91. The molecular formula is C17H17N3O6S2. The Balaban J connectivity index is 1.85. The molecule has 0 aliphatic carbocycles. The third-order valence-corrected chi connectivity index (χ3v) is 6.49. The van der Waals surface area contributed by atoms with Gasteiger partial charge in [-0.2, -0.15) is 13.5 Å². The van der Waals surface area contributed by atoms with E-state index in [-0.39, 0.29) is 6.54 Å². The number of fused-ring (bicyclic) bond motifs is 4. The first-order chi connectivity index (χ1) is 13.2. The summed E-state index contributed by atoms with van der Waals surface area (Å²) in [6, 6.07) is 7.00. The molecule has 2 aliphatic heterocycles. The van der Waals surface area contributed by atoms with Gasteiger partial charge in [-0.25, -0.2) is 4.79 Å². The second kappa shape index (κ2) is 6.55. The van der Waals surface area contributed by atoms with Crippen molar-refractivity contribution < 1.29 is 26.8 Å². The van der Waals surface area contributed by atoms with Crippen LogP contribution < -0.4 is 5.73 Å². The smallest absolute Gasteiger partial charge is 0.368 e. The minimum atomic E-state index is -4.91. The molecule has 4 rings (SSSR count). The van der Waals surface area contributed by atoms with Gasteiger partial charge >= 0.3 is 16.4 Å². The average Bonchev–Trinajstić information content (AvgIpc) is 3.17. The molecule has 1 aromatic heterocycles. The number of amides is 3. The zero-order chi connectivity index (χ0) is 20.2. The minimum absolute atomic E-state index is 0.0283. The summed E-state index contributed by atoms with van der Waals surface area (Å²) in [4.78, 5) is 27.3. The molecule has 1 fully saturated rings. The molecule has 1 saturated heterocycles. The highest BCUT2D eigenvalue weighted by molar-refractivity contribution is 7.80. The van der Waals surface area contributed by atoms with Gasteiger partial charge < -0.3 is 10.6 Å². The first-order valence-corrected chi connectivity index (χ1v) is 10.7. The Labute approximate surface area is 165 Å². The second-order valence-electron chi connectivity index (χ2n) is 6.52. The maximum absolute atomic E-state index is 12.5. The molecule has 148 valence electrons. The van der Waals surface area contributed by atoms with Crippen LogP contribution in [0.3, 0.4) is 0 Å². The zero-order valence-electron chi connectivity index (χ0n) is 14.7. The van der Waals surface area contributed by atoms with Crippen molar-refractivity contribution in [3.63, 3.8) is 0 Å². The van der Waals surface area contributed by atoms with Crippen LogP contribution in [0.4, 0.5) is 4.79 Å². The van der Waals surface area contributed by atoms with Gasteiger partial charge in [0.25, 0.3) is 0 Å². The van der Waals surface area contributed by atoms with Gasteiger partial charge in [0.2, 0.25) is 5.91 Å². The summed E-state index contributed by atoms with van der Waals surface area (Å²) in [5, 5.41) is 0.583. The highest BCUT2D eigenvalue weighted by Gasteiger charge is 2.52. The number of carbonyl (C=O) groups is 2. The zero-order valence-corrected chi connectivity index (χ0v) is 16.4. The first-order valence-electron chi connectivity index (χ1n) is 8.49. The predicted octanol–water partition coefficient (Wildman–Crippen LogP) is 2.03. The Bertz CT molecular complexity index is 1080. The minimum Gasteiger partial charge on any atom is -0.368 e. The molecular weight excluding hydrogens is 406 g/mol. The Hall–Kier alpha value is -2.47. The van der Waals surface area contributed by atoms with Crippen molar-refractivity contribution in [2.24, 2.45) is 5.73 Å². The molecule has 11 heteroatoms. The molecule has 3 heterocycles. The van der Waals surface area contributed by atoms with E-state index in [0.29, 0.717) is 15.5 Å². The molecule has 0 spiro atoms. The predicted molar refractivity (Wildman–Crippen MR) is 100 cm³/mol. The summed E-state index contributed by atoms with van der Waals surface area (Å²) in [6.07, 6.45) is 0.810. The van der Waals surface area contributed by atoms with Crippen LogP contribution in [-0.2, 0) is 25.9 Å². The van der Waals surface area contributed by atoms with E-state index in [9.17, 15) is 18.0 Å². The van der Waals surface area contributed by atoms with Crippen LogP contribution >= 0.6 is 11.3 Å².